The molecule has 0 spiro atoms. The molecule has 0 aliphatic carbocycles. The first-order valence-corrected chi connectivity index (χ1v) is 7.47. The zero-order valence-corrected chi connectivity index (χ0v) is 14.0. The SMILES string of the molecule is CN(C)c1cc(C(F)(F)F)nc(N(C)Cc2ccc3c(c2)OCO3)n1. The highest BCUT2D eigenvalue weighted by atomic mass is 19.4. The van der Waals surface area contributed by atoms with Crippen LogP contribution in [0.4, 0.5) is 24.9 Å². The first kappa shape index (κ1) is 17.1. The van der Waals surface area contributed by atoms with Crippen LogP contribution < -0.4 is 19.3 Å². The van der Waals surface area contributed by atoms with Crippen LogP contribution >= 0.6 is 0 Å². The predicted octanol–water partition coefficient (Wildman–Crippen LogP) is 2.93. The molecule has 3 rings (SSSR count). The largest absolute Gasteiger partial charge is 0.454 e. The van der Waals surface area contributed by atoms with Crippen molar-refractivity contribution in [1.82, 2.24) is 9.97 Å². The first-order chi connectivity index (χ1) is 11.7. The van der Waals surface area contributed by atoms with Crippen molar-refractivity contribution >= 4 is 11.8 Å². The third-order valence-electron chi connectivity index (χ3n) is 3.65. The van der Waals surface area contributed by atoms with Gasteiger partial charge in [-0.05, 0) is 17.7 Å². The van der Waals surface area contributed by atoms with Crippen molar-refractivity contribution in [2.24, 2.45) is 0 Å². The molecule has 25 heavy (non-hydrogen) atoms. The number of hydrogen-bond acceptors (Lipinski definition) is 6. The molecule has 0 unspecified atom stereocenters. The summed E-state index contributed by atoms with van der Waals surface area (Å²) in [6, 6.07) is 6.31. The van der Waals surface area contributed by atoms with Crippen LogP contribution in [0, 0.1) is 0 Å². The summed E-state index contributed by atoms with van der Waals surface area (Å²) in [5.74, 6) is 1.45. The third kappa shape index (κ3) is 3.70. The van der Waals surface area contributed by atoms with Gasteiger partial charge in [0.1, 0.15) is 5.82 Å². The summed E-state index contributed by atoms with van der Waals surface area (Å²) in [6.45, 7) is 0.488. The summed E-state index contributed by atoms with van der Waals surface area (Å²) in [6.07, 6.45) is -4.54. The molecule has 0 saturated heterocycles. The smallest absolute Gasteiger partial charge is 0.433 e. The van der Waals surface area contributed by atoms with Crippen LogP contribution in [0.2, 0.25) is 0 Å². The van der Waals surface area contributed by atoms with E-state index in [2.05, 4.69) is 9.97 Å². The van der Waals surface area contributed by atoms with E-state index >= 15 is 0 Å². The van der Waals surface area contributed by atoms with Gasteiger partial charge in [0.2, 0.25) is 12.7 Å². The monoisotopic (exact) mass is 354 g/mol. The zero-order chi connectivity index (χ0) is 18.2. The molecule has 0 amide bonds. The second-order valence-corrected chi connectivity index (χ2v) is 5.85. The van der Waals surface area contributed by atoms with Gasteiger partial charge in [-0.3, -0.25) is 0 Å². The summed E-state index contributed by atoms with van der Waals surface area (Å²) in [4.78, 5) is 10.9. The molecule has 0 fully saturated rings. The number of alkyl halides is 3. The molecular formula is C16H17F3N4O2. The van der Waals surface area contributed by atoms with E-state index in [1.165, 1.54) is 4.90 Å². The van der Waals surface area contributed by atoms with E-state index in [-0.39, 0.29) is 18.6 Å². The lowest BCUT2D eigenvalue weighted by Gasteiger charge is -2.21. The Kier molecular flexibility index (Phi) is 4.32. The number of anilines is 2. The molecule has 1 aliphatic heterocycles. The Balaban J connectivity index is 1.88. The van der Waals surface area contributed by atoms with Crippen LogP contribution in [-0.2, 0) is 12.7 Å². The van der Waals surface area contributed by atoms with Crippen LogP contribution in [0.5, 0.6) is 11.5 Å². The number of benzene rings is 1. The summed E-state index contributed by atoms with van der Waals surface area (Å²) in [7, 11) is 4.90. The van der Waals surface area contributed by atoms with Crippen molar-refractivity contribution in [3.8, 4) is 11.5 Å². The van der Waals surface area contributed by atoms with E-state index < -0.39 is 11.9 Å². The minimum absolute atomic E-state index is 0.00353. The maximum absolute atomic E-state index is 13.1. The number of halogens is 3. The summed E-state index contributed by atoms with van der Waals surface area (Å²) < 4.78 is 49.8. The Morgan fingerprint density at radius 3 is 2.44 bits per heavy atom. The predicted molar refractivity (Wildman–Crippen MR) is 86.0 cm³/mol. The fourth-order valence-corrected chi connectivity index (χ4v) is 2.35. The van der Waals surface area contributed by atoms with Crippen LogP contribution in [0.15, 0.2) is 24.3 Å². The van der Waals surface area contributed by atoms with Crippen molar-refractivity contribution in [2.75, 3.05) is 37.7 Å². The highest BCUT2D eigenvalue weighted by Crippen LogP contribution is 2.34. The van der Waals surface area contributed by atoms with Gasteiger partial charge in [0, 0.05) is 33.8 Å². The summed E-state index contributed by atoms with van der Waals surface area (Å²) in [5.41, 5.74) is -0.127. The average molecular weight is 354 g/mol. The van der Waals surface area contributed by atoms with E-state index in [4.69, 9.17) is 9.47 Å². The summed E-state index contributed by atoms with van der Waals surface area (Å²) >= 11 is 0. The molecule has 2 aromatic rings. The molecule has 1 aromatic heterocycles. The number of ether oxygens (including phenoxy) is 2. The molecule has 0 bridgehead atoms. The second kappa shape index (κ2) is 6.30. The molecule has 0 atom stereocenters. The molecule has 1 aromatic carbocycles. The molecular weight excluding hydrogens is 337 g/mol. The lowest BCUT2D eigenvalue weighted by Crippen LogP contribution is -2.23. The van der Waals surface area contributed by atoms with Crippen LogP contribution in [0.3, 0.4) is 0 Å². The van der Waals surface area contributed by atoms with Gasteiger partial charge in [-0.2, -0.15) is 18.2 Å². The highest BCUT2D eigenvalue weighted by molar-refractivity contribution is 5.48. The molecule has 1 aliphatic rings. The lowest BCUT2D eigenvalue weighted by atomic mass is 10.2. The van der Waals surface area contributed by atoms with E-state index in [1.54, 1.807) is 38.2 Å². The minimum Gasteiger partial charge on any atom is -0.454 e. The fraction of sp³-hybridized carbons (Fsp3) is 0.375. The Morgan fingerprint density at radius 2 is 1.76 bits per heavy atom. The number of nitrogens with zero attached hydrogens (tertiary/aromatic N) is 4. The van der Waals surface area contributed by atoms with Gasteiger partial charge in [-0.15, -0.1) is 0 Å². The molecule has 0 saturated carbocycles. The maximum atomic E-state index is 13.1. The Hall–Kier alpha value is -2.71. The first-order valence-electron chi connectivity index (χ1n) is 7.47. The van der Waals surface area contributed by atoms with Gasteiger partial charge < -0.3 is 19.3 Å². The Labute approximate surface area is 142 Å². The van der Waals surface area contributed by atoms with Gasteiger partial charge in [-0.25, -0.2) is 4.98 Å². The number of aromatic nitrogens is 2. The number of hydrogen-bond donors (Lipinski definition) is 0. The van der Waals surface area contributed by atoms with Gasteiger partial charge in [0.15, 0.2) is 17.2 Å². The van der Waals surface area contributed by atoms with E-state index in [9.17, 15) is 13.2 Å². The summed E-state index contributed by atoms with van der Waals surface area (Å²) in [5, 5.41) is 0. The van der Waals surface area contributed by atoms with Crippen molar-refractivity contribution < 1.29 is 22.6 Å². The molecule has 134 valence electrons. The van der Waals surface area contributed by atoms with E-state index in [0.29, 0.717) is 18.0 Å². The van der Waals surface area contributed by atoms with Crippen molar-refractivity contribution in [2.45, 2.75) is 12.7 Å². The van der Waals surface area contributed by atoms with Crippen LogP contribution in [-0.4, -0.2) is 37.9 Å². The van der Waals surface area contributed by atoms with Gasteiger partial charge in [-0.1, -0.05) is 6.07 Å². The van der Waals surface area contributed by atoms with Gasteiger partial charge >= 0.3 is 6.18 Å². The molecule has 9 heteroatoms. The minimum atomic E-state index is -4.54. The maximum Gasteiger partial charge on any atom is 0.433 e. The average Bonchev–Trinajstić information content (AvgIpc) is 3.01. The van der Waals surface area contributed by atoms with Gasteiger partial charge in [0.05, 0.1) is 0 Å². The Bertz CT molecular complexity index is 780. The third-order valence-corrected chi connectivity index (χ3v) is 3.65. The van der Waals surface area contributed by atoms with Gasteiger partial charge in [0.25, 0.3) is 0 Å². The molecule has 0 radical (unpaired) electrons. The number of rotatable bonds is 4. The quantitative estimate of drug-likeness (QED) is 0.842. The molecule has 6 nitrogen and oxygen atoms in total. The van der Waals surface area contributed by atoms with Crippen molar-refractivity contribution in [3.63, 3.8) is 0 Å². The van der Waals surface area contributed by atoms with E-state index in [0.717, 1.165) is 11.6 Å². The molecule has 0 N–H and O–H groups in total. The van der Waals surface area contributed by atoms with Crippen LogP contribution in [0.1, 0.15) is 11.3 Å². The Morgan fingerprint density at radius 1 is 1.04 bits per heavy atom. The van der Waals surface area contributed by atoms with Crippen molar-refractivity contribution in [3.05, 3.63) is 35.5 Å². The normalized spacial score (nSPS) is 13.0. The van der Waals surface area contributed by atoms with Crippen LogP contribution in [0.25, 0.3) is 0 Å². The van der Waals surface area contributed by atoms with Crippen molar-refractivity contribution in [1.29, 1.82) is 0 Å². The zero-order valence-electron chi connectivity index (χ0n) is 14.0. The molecule has 2 heterocycles. The fourth-order valence-electron chi connectivity index (χ4n) is 2.35. The number of fused-ring (bicyclic) bond motifs is 1. The standard InChI is InChI=1S/C16H17F3N4O2/c1-22(2)14-7-13(16(17,18)19)20-15(21-14)23(3)8-10-4-5-11-12(6-10)25-9-24-11/h4-7H,8-9H2,1-3H3. The van der Waals surface area contributed by atoms with E-state index in [1.807, 2.05) is 6.07 Å². The topological polar surface area (TPSA) is 50.7 Å². The highest BCUT2D eigenvalue weighted by Gasteiger charge is 2.34. The second-order valence-electron chi connectivity index (χ2n) is 5.85. The lowest BCUT2D eigenvalue weighted by molar-refractivity contribution is -0.141.